The summed E-state index contributed by atoms with van der Waals surface area (Å²) in [5.41, 5.74) is 0.912. The van der Waals surface area contributed by atoms with Gasteiger partial charge in [0.25, 0.3) is 0 Å². The average Bonchev–Trinajstić information content (AvgIpc) is 2.54. The summed E-state index contributed by atoms with van der Waals surface area (Å²) >= 11 is 0. The number of nitrogens with one attached hydrogen (secondary N) is 1. The minimum Gasteiger partial charge on any atom is -0.352 e. The van der Waals surface area contributed by atoms with Gasteiger partial charge in [-0.3, -0.25) is 4.79 Å². The van der Waals surface area contributed by atoms with E-state index in [1.807, 2.05) is 30.3 Å². The van der Waals surface area contributed by atoms with E-state index in [2.05, 4.69) is 5.32 Å². The Morgan fingerprint density at radius 3 is 2.18 bits per heavy atom. The van der Waals surface area contributed by atoms with Gasteiger partial charge < -0.3 is 5.32 Å². The monoisotopic (exact) mass is 315 g/mol. The molecule has 5 heteroatoms. The Balaban J connectivity index is 1.84. The van der Waals surface area contributed by atoms with Crippen LogP contribution in [0.1, 0.15) is 5.56 Å². The highest BCUT2D eigenvalue weighted by atomic mass is 32.2. The third-order valence-electron chi connectivity index (χ3n) is 3.00. The minimum absolute atomic E-state index is 0.0786. The van der Waals surface area contributed by atoms with Crippen LogP contribution in [0.15, 0.2) is 71.6 Å². The van der Waals surface area contributed by atoms with Gasteiger partial charge in [-0.1, -0.05) is 48.5 Å². The molecule has 22 heavy (non-hydrogen) atoms. The van der Waals surface area contributed by atoms with Crippen molar-refractivity contribution in [2.75, 3.05) is 12.3 Å². The summed E-state index contributed by atoms with van der Waals surface area (Å²) in [6, 6.07) is 17.6. The highest BCUT2D eigenvalue weighted by Gasteiger charge is 2.13. The average molecular weight is 315 g/mol. The van der Waals surface area contributed by atoms with E-state index in [1.54, 1.807) is 36.4 Å². The molecule has 2 aromatic rings. The van der Waals surface area contributed by atoms with Crippen molar-refractivity contribution in [3.63, 3.8) is 0 Å². The molecule has 114 valence electrons. The van der Waals surface area contributed by atoms with Crippen LogP contribution in [0.3, 0.4) is 0 Å². The van der Waals surface area contributed by atoms with Crippen molar-refractivity contribution in [2.45, 2.75) is 4.90 Å². The molecule has 0 aliphatic rings. The molecule has 2 aromatic carbocycles. The molecule has 0 bridgehead atoms. The number of sulfone groups is 1. The van der Waals surface area contributed by atoms with Gasteiger partial charge in [-0.05, 0) is 23.8 Å². The molecule has 0 atom stereocenters. The van der Waals surface area contributed by atoms with Gasteiger partial charge >= 0.3 is 0 Å². The SMILES string of the molecule is O=C(/C=C/c1ccccc1)NCCS(=O)(=O)c1ccccc1. The Morgan fingerprint density at radius 2 is 1.55 bits per heavy atom. The van der Waals surface area contributed by atoms with Crippen LogP contribution in [0.5, 0.6) is 0 Å². The largest absolute Gasteiger partial charge is 0.352 e. The van der Waals surface area contributed by atoms with E-state index in [0.717, 1.165) is 5.56 Å². The fourth-order valence-corrected chi connectivity index (χ4v) is 3.03. The van der Waals surface area contributed by atoms with Crippen LogP contribution in [0, 0.1) is 0 Å². The second-order valence-corrected chi connectivity index (χ2v) is 6.78. The van der Waals surface area contributed by atoms with E-state index in [4.69, 9.17) is 0 Å². The van der Waals surface area contributed by atoms with Crippen molar-refractivity contribution in [2.24, 2.45) is 0 Å². The smallest absolute Gasteiger partial charge is 0.244 e. The molecule has 0 fully saturated rings. The van der Waals surface area contributed by atoms with Gasteiger partial charge in [0.05, 0.1) is 10.6 Å². The number of hydrogen-bond donors (Lipinski definition) is 1. The maximum Gasteiger partial charge on any atom is 0.244 e. The first-order chi connectivity index (χ1) is 10.6. The van der Waals surface area contributed by atoms with E-state index in [0.29, 0.717) is 0 Å². The molecular formula is C17H17NO3S. The standard InChI is InChI=1S/C17H17NO3S/c19-17(12-11-15-7-3-1-4-8-15)18-13-14-22(20,21)16-9-5-2-6-10-16/h1-12H,13-14H2,(H,18,19)/b12-11+. The molecule has 0 unspecified atom stereocenters. The molecule has 0 heterocycles. The normalized spacial score (nSPS) is 11.5. The molecule has 0 aromatic heterocycles. The highest BCUT2D eigenvalue weighted by molar-refractivity contribution is 7.91. The molecule has 0 aliphatic heterocycles. The first kappa shape index (κ1) is 16.0. The van der Waals surface area contributed by atoms with E-state index in [-0.39, 0.29) is 23.1 Å². The summed E-state index contributed by atoms with van der Waals surface area (Å²) in [5.74, 6) is -0.436. The second-order valence-electron chi connectivity index (χ2n) is 4.67. The van der Waals surface area contributed by atoms with Gasteiger partial charge in [-0.2, -0.15) is 0 Å². The van der Waals surface area contributed by atoms with Crippen LogP contribution >= 0.6 is 0 Å². The van der Waals surface area contributed by atoms with Crippen LogP contribution in [-0.4, -0.2) is 26.6 Å². The van der Waals surface area contributed by atoms with Crippen LogP contribution in [0.25, 0.3) is 6.08 Å². The zero-order chi connectivity index (χ0) is 15.8. The Morgan fingerprint density at radius 1 is 0.955 bits per heavy atom. The molecule has 0 aliphatic carbocycles. The summed E-state index contributed by atoms with van der Waals surface area (Å²) in [6.45, 7) is 0.0786. The van der Waals surface area contributed by atoms with Crippen LogP contribution in [0.2, 0.25) is 0 Å². The Bertz CT molecular complexity index is 738. The van der Waals surface area contributed by atoms with Gasteiger partial charge in [0.15, 0.2) is 9.84 Å². The maximum absolute atomic E-state index is 12.0. The van der Waals surface area contributed by atoms with Crippen molar-refractivity contribution in [1.29, 1.82) is 0 Å². The first-order valence-corrected chi connectivity index (χ1v) is 8.52. The minimum atomic E-state index is -3.36. The lowest BCUT2D eigenvalue weighted by atomic mass is 10.2. The van der Waals surface area contributed by atoms with E-state index < -0.39 is 9.84 Å². The third-order valence-corrected chi connectivity index (χ3v) is 4.73. The molecule has 2 rings (SSSR count). The first-order valence-electron chi connectivity index (χ1n) is 6.87. The molecule has 0 saturated heterocycles. The van der Waals surface area contributed by atoms with Gasteiger partial charge in [-0.25, -0.2) is 8.42 Å². The van der Waals surface area contributed by atoms with Gasteiger partial charge in [-0.15, -0.1) is 0 Å². The number of carbonyl (C=O) groups is 1. The summed E-state index contributed by atoms with van der Waals surface area (Å²) in [5, 5.41) is 2.57. The highest BCUT2D eigenvalue weighted by Crippen LogP contribution is 2.09. The van der Waals surface area contributed by atoms with Gasteiger partial charge in [0.1, 0.15) is 0 Å². The predicted molar refractivity (Wildman–Crippen MR) is 87.0 cm³/mol. The molecule has 1 N–H and O–H groups in total. The van der Waals surface area contributed by atoms with E-state index >= 15 is 0 Å². The topological polar surface area (TPSA) is 63.2 Å². The van der Waals surface area contributed by atoms with Crippen molar-refractivity contribution >= 4 is 21.8 Å². The maximum atomic E-state index is 12.0. The van der Waals surface area contributed by atoms with E-state index in [1.165, 1.54) is 6.08 Å². The molecule has 0 radical (unpaired) electrons. The quantitative estimate of drug-likeness (QED) is 0.832. The van der Waals surface area contributed by atoms with Crippen LogP contribution in [-0.2, 0) is 14.6 Å². The fraction of sp³-hybridized carbons (Fsp3) is 0.118. The van der Waals surface area contributed by atoms with Crippen molar-refractivity contribution in [3.8, 4) is 0 Å². The zero-order valence-corrected chi connectivity index (χ0v) is 12.8. The van der Waals surface area contributed by atoms with Gasteiger partial charge in [0, 0.05) is 12.6 Å². The Labute approximate surface area is 130 Å². The Kier molecular flexibility index (Phi) is 5.49. The third kappa shape index (κ3) is 4.86. The summed E-state index contributed by atoms with van der Waals surface area (Å²) in [4.78, 5) is 11.9. The fourth-order valence-electron chi connectivity index (χ4n) is 1.85. The molecule has 0 spiro atoms. The molecular weight excluding hydrogens is 298 g/mol. The van der Waals surface area contributed by atoms with Crippen molar-refractivity contribution in [3.05, 3.63) is 72.3 Å². The number of rotatable bonds is 6. The lowest BCUT2D eigenvalue weighted by Crippen LogP contribution is -2.27. The zero-order valence-electron chi connectivity index (χ0n) is 12.0. The summed E-state index contributed by atoms with van der Waals surface area (Å²) in [6.07, 6.45) is 3.07. The summed E-state index contributed by atoms with van der Waals surface area (Å²) < 4.78 is 24.0. The molecule has 4 nitrogen and oxygen atoms in total. The lowest BCUT2D eigenvalue weighted by Gasteiger charge is -2.04. The molecule has 1 amide bonds. The number of amides is 1. The van der Waals surface area contributed by atoms with Gasteiger partial charge in [0.2, 0.25) is 5.91 Å². The Hall–Kier alpha value is -2.40. The molecule has 0 saturated carbocycles. The second kappa shape index (κ2) is 7.56. The van der Waals surface area contributed by atoms with Crippen LogP contribution < -0.4 is 5.32 Å². The number of carbonyl (C=O) groups excluding carboxylic acids is 1. The number of hydrogen-bond acceptors (Lipinski definition) is 3. The van der Waals surface area contributed by atoms with Crippen molar-refractivity contribution < 1.29 is 13.2 Å². The summed E-state index contributed by atoms with van der Waals surface area (Å²) in [7, 11) is -3.36. The number of benzene rings is 2. The van der Waals surface area contributed by atoms with E-state index in [9.17, 15) is 13.2 Å². The van der Waals surface area contributed by atoms with Crippen LogP contribution in [0.4, 0.5) is 0 Å². The lowest BCUT2D eigenvalue weighted by molar-refractivity contribution is -0.116. The predicted octanol–water partition coefficient (Wildman–Crippen LogP) is 2.29. The van der Waals surface area contributed by atoms with Crippen molar-refractivity contribution in [1.82, 2.24) is 5.32 Å².